The van der Waals surface area contributed by atoms with E-state index in [0.717, 1.165) is 56.7 Å². The number of piperidine rings is 1. The summed E-state index contributed by atoms with van der Waals surface area (Å²) < 4.78 is 2.17. The molecule has 2 atom stereocenters. The molecule has 3 aliphatic heterocycles. The minimum atomic E-state index is -0.394. The molecule has 2 saturated heterocycles. The van der Waals surface area contributed by atoms with Gasteiger partial charge in [-0.25, -0.2) is 0 Å². The second kappa shape index (κ2) is 6.85. The fourth-order valence-electron chi connectivity index (χ4n) is 4.65. The van der Waals surface area contributed by atoms with Crippen LogP contribution >= 0.6 is 0 Å². The number of nitrogens with zero attached hydrogens (tertiary/aromatic N) is 4. The molecule has 2 fully saturated rings. The Balaban J connectivity index is 1.52. The van der Waals surface area contributed by atoms with Crippen molar-refractivity contribution in [2.45, 2.75) is 64.0 Å². The number of fused-ring (bicyclic) bond motifs is 1. The molecule has 0 saturated carbocycles. The Morgan fingerprint density at radius 1 is 1.15 bits per heavy atom. The number of carbonyl (C=O) groups is 2. The molecule has 0 unspecified atom stereocenters. The maximum Gasteiger partial charge on any atom is 0.273 e. The maximum absolute atomic E-state index is 13.0. The molecule has 0 aromatic carbocycles. The minimum absolute atomic E-state index is 0.0306. The van der Waals surface area contributed by atoms with Gasteiger partial charge < -0.3 is 14.4 Å². The molecule has 4 rings (SSSR count). The van der Waals surface area contributed by atoms with Crippen LogP contribution in [0.2, 0.25) is 0 Å². The van der Waals surface area contributed by atoms with Gasteiger partial charge in [-0.3, -0.25) is 14.4 Å². The van der Waals surface area contributed by atoms with Crippen LogP contribution in [0.5, 0.6) is 0 Å². The second-order valence-corrected chi connectivity index (χ2v) is 7.68. The molecule has 0 radical (unpaired) electrons. The summed E-state index contributed by atoms with van der Waals surface area (Å²) in [6.45, 7) is 4.76. The number of aromatic nitrogens is 2. The van der Waals surface area contributed by atoms with Crippen molar-refractivity contribution in [3.05, 3.63) is 27.9 Å². The van der Waals surface area contributed by atoms with Crippen molar-refractivity contribution in [3.63, 3.8) is 0 Å². The fraction of sp³-hybridized carbons (Fsp3) is 0.684. The van der Waals surface area contributed by atoms with Gasteiger partial charge in [-0.15, -0.1) is 0 Å². The van der Waals surface area contributed by atoms with Gasteiger partial charge in [-0.1, -0.05) is 0 Å². The van der Waals surface area contributed by atoms with Gasteiger partial charge in [0.2, 0.25) is 11.8 Å². The zero-order valence-corrected chi connectivity index (χ0v) is 15.3. The van der Waals surface area contributed by atoms with E-state index in [-0.39, 0.29) is 23.3 Å². The van der Waals surface area contributed by atoms with E-state index in [1.165, 1.54) is 0 Å². The topological polar surface area (TPSA) is 75.5 Å². The first kappa shape index (κ1) is 17.2. The third-order valence-corrected chi connectivity index (χ3v) is 6.00. The molecule has 0 aliphatic carbocycles. The van der Waals surface area contributed by atoms with Crippen LogP contribution in [-0.4, -0.2) is 56.8 Å². The number of aryl methyl sites for hydroxylation is 1. The largest absolute Gasteiger partial charge is 0.340 e. The lowest BCUT2D eigenvalue weighted by Crippen LogP contribution is -2.50. The van der Waals surface area contributed by atoms with E-state index in [9.17, 15) is 14.4 Å². The van der Waals surface area contributed by atoms with Crippen LogP contribution < -0.4 is 5.56 Å². The summed E-state index contributed by atoms with van der Waals surface area (Å²) in [5, 5.41) is 0. The Kier molecular flexibility index (Phi) is 4.54. The lowest BCUT2D eigenvalue weighted by molar-refractivity contribution is -0.143. The van der Waals surface area contributed by atoms with Gasteiger partial charge in [0.15, 0.2) is 0 Å². The van der Waals surface area contributed by atoms with Crippen LogP contribution in [0.15, 0.2) is 10.9 Å². The summed E-state index contributed by atoms with van der Waals surface area (Å²) in [7, 11) is 0. The van der Waals surface area contributed by atoms with Crippen molar-refractivity contribution in [2.24, 2.45) is 0 Å². The summed E-state index contributed by atoms with van der Waals surface area (Å²) in [4.78, 5) is 44.6. The van der Waals surface area contributed by atoms with E-state index >= 15 is 0 Å². The minimum Gasteiger partial charge on any atom is -0.340 e. The van der Waals surface area contributed by atoms with Crippen LogP contribution in [-0.2, 0) is 22.6 Å². The third kappa shape index (κ3) is 3.04. The number of amides is 2. The zero-order chi connectivity index (χ0) is 18.3. The van der Waals surface area contributed by atoms with Gasteiger partial charge in [0, 0.05) is 56.7 Å². The molecule has 3 aliphatic rings. The highest BCUT2D eigenvalue weighted by Gasteiger charge is 2.35. The summed E-state index contributed by atoms with van der Waals surface area (Å²) in [5.41, 5.74) is 0.854. The van der Waals surface area contributed by atoms with Crippen molar-refractivity contribution in [1.29, 1.82) is 0 Å². The van der Waals surface area contributed by atoms with Gasteiger partial charge in [-0.05, 0) is 32.6 Å². The number of likely N-dealkylation sites (tertiary alicyclic amines) is 2. The van der Waals surface area contributed by atoms with Gasteiger partial charge in [-0.2, -0.15) is 4.98 Å². The molecule has 1 aromatic heterocycles. The normalized spacial score (nSPS) is 24.0. The van der Waals surface area contributed by atoms with Gasteiger partial charge in [0.05, 0.1) is 0 Å². The van der Waals surface area contributed by atoms with E-state index < -0.39 is 6.04 Å². The molecule has 0 spiro atoms. The standard InChI is InChI=1S/C19H26N4O3/c1-13(22-9-4-7-18(22)25)19(26)21-8-2-5-14(12-21)15-11-17(24)20-16-6-3-10-23(15)16/h11,13-14H,2-10,12H2,1H3/t13-,14+/m1/s1. The summed E-state index contributed by atoms with van der Waals surface area (Å²) >= 11 is 0. The van der Waals surface area contributed by atoms with E-state index in [2.05, 4.69) is 9.55 Å². The average Bonchev–Trinajstić information content (AvgIpc) is 3.28. The van der Waals surface area contributed by atoms with E-state index in [1.54, 1.807) is 11.0 Å². The quantitative estimate of drug-likeness (QED) is 0.805. The monoisotopic (exact) mass is 358 g/mol. The Morgan fingerprint density at radius 3 is 2.73 bits per heavy atom. The first-order valence-electron chi connectivity index (χ1n) is 9.73. The smallest absolute Gasteiger partial charge is 0.273 e. The third-order valence-electron chi connectivity index (χ3n) is 6.00. The Labute approximate surface area is 153 Å². The summed E-state index contributed by atoms with van der Waals surface area (Å²) in [6, 6.07) is 1.26. The lowest BCUT2D eigenvalue weighted by Gasteiger charge is -2.37. The molecule has 0 bridgehead atoms. The highest BCUT2D eigenvalue weighted by atomic mass is 16.2. The number of hydrogen-bond donors (Lipinski definition) is 0. The average molecular weight is 358 g/mol. The maximum atomic E-state index is 13.0. The van der Waals surface area contributed by atoms with Crippen LogP contribution in [0.25, 0.3) is 0 Å². The first-order valence-corrected chi connectivity index (χ1v) is 9.73. The predicted molar refractivity (Wildman–Crippen MR) is 95.8 cm³/mol. The van der Waals surface area contributed by atoms with Gasteiger partial charge in [0.1, 0.15) is 11.9 Å². The van der Waals surface area contributed by atoms with Gasteiger partial charge in [0.25, 0.3) is 5.56 Å². The summed E-state index contributed by atoms with van der Waals surface area (Å²) in [6.07, 6.45) is 5.16. The summed E-state index contributed by atoms with van der Waals surface area (Å²) in [5.74, 6) is 1.16. The molecule has 26 heavy (non-hydrogen) atoms. The van der Waals surface area contributed by atoms with Crippen molar-refractivity contribution in [2.75, 3.05) is 19.6 Å². The Hall–Kier alpha value is -2.18. The fourth-order valence-corrected chi connectivity index (χ4v) is 4.65. The molecule has 0 N–H and O–H groups in total. The molecule has 2 amide bonds. The predicted octanol–water partition coefficient (Wildman–Crippen LogP) is 0.906. The Bertz CT molecular complexity index is 787. The molecular weight excluding hydrogens is 332 g/mol. The molecule has 1 aromatic rings. The van der Waals surface area contributed by atoms with Crippen LogP contribution in [0.3, 0.4) is 0 Å². The van der Waals surface area contributed by atoms with E-state index in [4.69, 9.17) is 0 Å². The molecule has 140 valence electrons. The molecule has 7 heteroatoms. The lowest BCUT2D eigenvalue weighted by atomic mass is 9.93. The number of hydrogen-bond acceptors (Lipinski definition) is 4. The number of rotatable bonds is 3. The molecular formula is C19H26N4O3. The first-order chi connectivity index (χ1) is 12.5. The van der Waals surface area contributed by atoms with Crippen molar-refractivity contribution in [3.8, 4) is 0 Å². The van der Waals surface area contributed by atoms with E-state index in [0.29, 0.717) is 19.5 Å². The molecule has 7 nitrogen and oxygen atoms in total. The van der Waals surface area contributed by atoms with Crippen molar-refractivity contribution in [1.82, 2.24) is 19.4 Å². The highest BCUT2D eigenvalue weighted by molar-refractivity contribution is 5.88. The van der Waals surface area contributed by atoms with E-state index in [1.807, 2.05) is 11.8 Å². The van der Waals surface area contributed by atoms with Crippen molar-refractivity contribution >= 4 is 11.8 Å². The van der Waals surface area contributed by atoms with Crippen LogP contribution in [0.1, 0.15) is 56.5 Å². The van der Waals surface area contributed by atoms with Crippen LogP contribution in [0, 0.1) is 0 Å². The number of carbonyl (C=O) groups excluding carboxylic acids is 2. The zero-order valence-electron chi connectivity index (χ0n) is 15.3. The second-order valence-electron chi connectivity index (χ2n) is 7.68. The SMILES string of the molecule is C[C@H](C(=O)N1CCC[C@H](c2cc(=O)nc3n2CCC3)C1)N1CCCC1=O. The van der Waals surface area contributed by atoms with Gasteiger partial charge >= 0.3 is 0 Å². The Morgan fingerprint density at radius 2 is 1.96 bits per heavy atom. The van der Waals surface area contributed by atoms with Crippen LogP contribution in [0.4, 0.5) is 0 Å². The highest BCUT2D eigenvalue weighted by Crippen LogP contribution is 2.29. The molecule has 4 heterocycles. The van der Waals surface area contributed by atoms with Crippen molar-refractivity contribution < 1.29 is 9.59 Å².